The standard InChI is InChI=1S/C21H20N4O4S/c1-3-15-4-6-17(30-15)21(28)23-14-10-19(26)25(11-14)18-7-5-16(13(2)22-18)24-8-9-29-12-20(24)27/h1,4-7,14H,8-12H2,2H3,(H,23,28). The Balaban J connectivity index is 1.45. The van der Waals surface area contributed by atoms with Gasteiger partial charge in [-0.1, -0.05) is 5.92 Å². The molecule has 2 saturated heterocycles. The number of nitrogens with zero attached hydrogens (tertiary/aromatic N) is 3. The monoisotopic (exact) mass is 424 g/mol. The summed E-state index contributed by atoms with van der Waals surface area (Å²) in [4.78, 5) is 46.0. The molecule has 2 fully saturated rings. The molecule has 1 N–H and O–H groups in total. The number of ether oxygens (including phenoxy) is 1. The van der Waals surface area contributed by atoms with Crippen molar-refractivity contribution >= 4 is 40.6 Å². The van der Waals surface area contributed by atoms with E-state index in [1.807, 2.05) is 0 Å². The van der Waals surface area contributed by atoms with Crippen LogP contribution in [0.15, 0.2) is 24.3 Å². The molecule has 0 radical (unpaired) electrons. The molecule has 2 aliphatic heterocycles. The highest BCUT2D eigenvalue weighted by molar-refractivity contribution is 7.14. The molecule has 0 spiro atoms. The molecule has 30 heavy (non-hydrogen) atoms. The van der Waals surface area contributed by atoms with Gasteiger partial charge < -0.3 is 15.0 Å². The first-order valence-corrected chi connectivity index (χ1v) is 10.3. The average Bonchev–Trinajstić information content (AvgIpc) is 3.35. The highest BCUT2D eigenvalue weighted by atomic mass is 32.1. The fraction of sp³-hybridized carbons (Fsp3) is 0.333. The summed E-state index contributed by atoms with van der Waals surface area (Å²) in [7, 11) is 0. The van der Waals surface area contributed by atoms with Crippen molar-refractivity contribution in [1.82, 2.24) is 10.3 Å². The average molecular weight is 424 g/mol. The van der Waals surface area contributed by atoms with E-state index in [0.717, 1.165) is 0 Å². The number of aryl methyl sites for hydroxylation is 1. The van der Waals surface area contributed by atoms with Crippen LogP contribution in [0, 0.1) is 19.3 Å². The van der Waals surface area contributed by atoms with E-state index in [9.17, 15) is 14.4 Å². The van der Waals surface area contributed by atoms with Gasteiger partial charge in [-0.25, -0.2) is 4.98 Å². The van der Waals surface area contributed by atoms with Crippen LogP contribution in [0.25, 0.3) is 0 Å². The Morgan fingerprint density at radius 1 is 1.27 bits per heavy atom. The van der Waals surface area contributed by atoms with Crippen molar-refractivity contribution in [1.29, 1.82) is 0 Å². The summed E-state index contributed by atoms with van der Waals surface area (Å²) in [6.45, 7) is 3.15. The van der Waals surface area contributed by atoms with Crippen LogP contribution in [0.5, 0.6) is 0 Å². The fourth-order valence-electron chi connectivity index (χ4n) is 3.57. The van der Waals surface area contributed by atoms with Gasteiger partial charge in [-0.15, -0.1) is 17.8 Å². The van der Waals surface area contributed by atoms with Crippen LogP contribution in [0.2, 0.25) is 0 Å². The van der Waals surface area contributed by atoms with Crippen molar-refractivity contribution in [2.75, 3.05) is 36.1 Å². The van der Waals surface area contributed by atoms with E-state index in [4.69, 9.17) is 11.2 Å². The number of pyridine rings is 1. The summed E-state index contributed by atoms with van der Waals surface area (Å²) in [5.74, 6) is 2.54. The predicted octanol–water partition coefficient (Wildman–Crippen LogP) is 1.33. The minimum Gasteiger partial charge on any atom is -0.370 e. The van der Waals surface area contributed by atoms with E-state index < -0.39 is 0 Å². The maximum Gasteiger partial charge on any atom is 0.261 e. The molecular weight excluding hydrogens is 404 g/mol. The molecule has 2 aliphatic rings. The molecule has 154 valence electrons. The molecule has 4 heterocycles. The normalized spacial score (nSPS) is 19.1. The molecule has 0 aromatic carbocycles. The third-order valence-electron chi connectivity index (χ3n) is 5.03. The molecular formula is C21H20N4O4S. The zero-order valence-electron chi connectivity index (χ0n) is 16.4. The molecule has 8 nitrogen and oxygen atoms in total. The molecule has 0 aliphatic carbocycles. The number of rotatable bonds is 4. The number of carbonyl (C=O) groups is 3. The van der Waals surface area contributed by atoms with Crippen molar-refractivity contribution in [3.05, 3.63) is 39.7 Å². The summed E-state index contributed by atoms with van der Waals surface area (Å²) < 4.78 is 5.17. The van der Waals surface area contributed by atoms with Crippen molar-refractivity contribution in [2.24, 2.45) is 0 Å². The Hall–Kier alpha value is -3.22. The van der Waals surface area contributed by atoms with Crippen molar-refractivity contribution in [3.63, 3.8) is 0 Å². The van der Waals surface area contributed by atoms with Gasteiger partial charge in [-0.05, 0) is 31.2 Å². The molecule has 9 heteroatoms. The van der Waals surface area contributed by atoms with Gasteiger partial charge in [0.05, 0.1) is 33.8 Å². The first-order valence-electron chi connectivity index (χ1n) is 9.49. The smallest absolute Gasteiger partial charge is 0.261 e. The van der Waals surface area contributed by atoms with E-state index in [-0.39, 0.29) is 36.8 Å². The third-order valence-corrected chi connectivity index (χ3v) is 6.04. The minimum atomic E-state index is -0.316. The lowest BCUT2D eigenvalue weighted by Crippen LogP contribution is -2.42. The van der Waals surface area contributed by atoms with Gasteiger partial charge in [0.2, 0.25) is 5.91 Å². The number of terminal acetylenes is 1. The topological polar surface area (TPSA) is 91.8 Å². The maximum atomic E-state index is 12.5. The number of anilines is 2. The van der Waals surface area contributed by atoms with Gasteiger partial charge >= 0.3 is 0 Å². The van der Waals surface area contributed by atoms with E-state index in [2.05, 4.69) is 16.2 Å². The lowest BCUT2D eigenvalue weighted by molar-refractivity contribution is -0.125. The first-order chi connectivity index (χ1) is 14.5. The van der Waals surface area contributed by atoms with Crippen LogP contribution in [0.3, 0.4) is 0 Å². The zero-order chi connectivity index (χ0) is 21.3. The van der Waals surface area contributed by atoms with Crippen LogP contribution in [0.4, 0.5) is 11.5 Å². The Morgan fingerprint density at radius 3 is 2.80 bits per heavy atom. The molecule has 0 bridgehead atoms. The molecule has 3 amide bonds. The van der Waals surface area contributed by atoms with E-state index in [1.54, 1.807) is 41.0 Å². The highest BCUT2D eigenvalue weighted by Gasteiger charge is 2.33. The SMILES string of the molecule is C#Cc1ccc(C(=O)NC2CC(=O)N(c3ccc(N4CCOCC4=O)c(C)n3)C2)s1. The summed E-state index contributed by atoms with van der Waals surface area (Å²) >= 11 is 1.24. The fourth-order valence-corrected chi connectivity index (χ4v) is 4.29. The van der Waals surface area contributed by atoms with Gasteiger partial charge in [0.15, 0.2) is 0 Å². The Morgan fingerprint density at radius 2 is 2.10 bits per heavy atom. The van der Waals surface area contributed by atoms with Crippen LogP contribution in [0.1, 0.15) is 26.7 Å². The molecule has 0 saturated carbocycles. The number of morpholine rings is 1. The summed E-state index contributed by atoms with van der Waals surface area (Å²) in [6.07, 6.45) is 5.55. The van der Waals surface area contributed by atoms with Crippen LogP contribution >= 0.6 is 11.3 Å². The van der Waals surface area contributed by atoms with Gasteiger partial charge in [0.25, 0.3) is 11.8 Å². The minimum absolute atomic E-state index is 0.0558. The highest BCUT2D eigenvalue weighted by Crippen LogP contribution is 2.26. The number of nitrogens with one attached hydrogen (secondary N) is 1. The van der Waals surface area contributed by atoms with E-state index in [1.165, 1.54) is 11.3 Å². The Kier molecular flexibility index (Phi) is 5.53. The zero-order valence-corrected chi connectivity index (χ0v) is 17.2. The lowest BCUT2D eigenvalue weighted by atomic mass is 10.2. The van der Waals surface area contributed by atoms with Crippen molar-refractivity contribution < 1.29 is 19.1 Å². The molecule has 1 unspecified atom stereocenters. The number of aromatic nitrogens is 1. The third kappa shape index (κ3) is 3.92. The second-order valence-electron chi connectivity index (χ2n) is 7.06. The Bertz CT molecular complexity index is 1060. The lowest BCUT2D eigenvalue weighted by Gasteiger charge is -2.28. The number of hydrogen-bond donors (Lipinski definition) is 1. The van der Waals surface area contributed by atoms with Crippen LogP contribution in [-0.4, -0.2) is 55.1 Å². The molecule has 2 aromatic heterocycles. The number of amides is 3. The van der Waals surface area contributed by atoms with Gasteiger partial charge in [-0.2, -0.15) is 0 Å². The van der Waals surface area contributed by atoms with Gasteiger partial charge in [-0.3, -0.25) is 19.3 Å². The second kappa shape index (κ2) is 8.26. The second-order valence-corrected chi connectivity index (χ2v) is 8.14. The van der Waals surface area contributed by atoms with Crippen molar-refractivity contribution in [3.8, 4) is 12.3 Å². The van der Waals surface area contributed by atoms with E-state index in [0.29, 0.717) is 46.6 Å². The van der Waals surface area contributed by atoms with E-state index >= 15 is 0 Å². The maximum absolute atomic E-state index is 12.5. The number of carbonyl (C=O) groups excluding carboxylic acids is 3. The molecule has 4 rings (SSSR count). The van der Waals surface area contributed by atoms with Crippen LogP contribution < -0.4 is 15.1 Å². The quantitative estimate of drug-likeness (QED) is 0.748. The molecule has 2 aromatic rings. The number of thiophene rings is 1. The predicted molar refractivity (Wildman–Crippen MR) is 113 cm³/mol. The van der Waals surface area contributed by atoms with Gasteiger partial charge in [0.1, 0.15) is 12.4 Å². The Labute approximate surface area is 177 Å². The van der Waals surface area contributed by atoms with Gasteiger partial charge in [0, 0.05) is 19.5 Å². The summed E-state index contributed by atoms with van der Waals surface area (Å²) in [5.41, 5.74) is 1.37. The summed E-state index contributed by atoms with van der Waals surface area (Å²) in [5, 5.41) is 2.89. The van der Waals surface area contributed by atoms with Crippen molar-refractivity contribution in [2.45, 2.75) is 19.4 Å². The molecule has 1 atom stereocenters. The summed E-state index contributed by atoms with van der Waals surface area (Å²) in [6, 6.07) is 6.61. The largest absolute Gasteiger partial charge is 0.370 e. The van der Waals surface area contributed by atoms with Crippen LogP contribution in [-0.2, 0) is 14.3 Å². The number of hydrogen-bond acceptors (Lipinski definition) is 6. The first kappa shape index (κ1) is 20.1.